The van der Waals surface area contributed by atoms with Crippen LogP contribution < -0.4 is 0 Å². The van der Waals surface area contributed by atoms with Gasteiger partial charge in [-0.2, -0.15) is 5.10 Å². The van der Waals surface area contributed by atoms with Crippen molar-refractivity contribution < 1.29 is 14.3 Å². The maximum atomic E-state index is 12.9. The van der Waals surface area contributed by atoms with Gasteiger partial charge in [-0.15, -0.1) is 0 Å². The number of fused-ring (bicyclic) bond motifs is 1. The zero-order valence-corrected chi connectivity index (χ0v) is 16.5. The molecule has 2 aliphatic rings. The van der Waals surface area contributed by atoms with Crippen LogP contribution in [0.1, 0.15) is 48.9 Å². The average molecular weight is 388 g/mol. The van der Waals surface area contributed by atoms with Crippen LogP contribution in [0.3, 0.4) is 0 Å². The van der Waals surface area contributed by atoms with Crippen molar-refractivity contribution in [2.75, 3.05) is 20.0 Å². The van der Waals surface area contributed by atoms with Gasteiger partial charge in [0.05, 0.1) is 19.0 Å². The molecule has 27 heavy (non-hydrogen) atoms. The zero-order valence-electron chi connectivity index (χ0n) is 15.7. The fourth-order valence-corrected chi connectivity index (χ4v) is 4.51. The molecule has 0 radical (unpaired) electrons. The lowest BCUT2D eigenvalue weighted by molar-refractivity contribution is -0.148. The Kier molecular flexibility index (Phi) is 5.19. The van der Waals surface area contributed by atoms with Gasteiger partial charge in [-0.3, -0.25) is 4.79 Å². The number of nitrogens with zero attached hydrogens (tertiary/aromatic N) is 4. The molecular formula is C19H24N4O3S. The number of methoxy groups -OCH3 is 1. The lowest BCUT2D eigenvalue weighted by Gasteiger charge is -2.35. The number of ether oxygens (including phenoxy) is 2. The largest absolute Gasteiger partial charge is 0.468 e. The first kappa shape index (κ1) is 18.4. The van der Waals surface area contributed by atoms with E-state index in [1.165, 1.54) is 24.6 Å². The third-order valence-electron chi connectivity index (χ3n) is 5.58. The van der Waals surface area contributed by atoms with E-state index in [-0.39, 0.29) is 12.2 Å². The Hall–Kier alpha value is -1.93. The number of esters is 1. The molecule has 0 aromatic carbocycles. The van der Waals surface area contributed by atoms with Gasteiger partial charge in [-0.05, 0) is 56.4 Å². The molecule has 1 aliphatic carbocycles. The molecule has 0 saturated carbocycles. The van der Waals surface area contributed by atoms with Gasteiger partial charge < -0.3 is 9.47 Å². The van der Waals surface area contributed by atoms with Crippen molar-refractivity contribution in [3.8, 4) is 0 Å². The van der Waals surface area contributed by atoms with Crippen LogP contribution in [0.5, 0.6) is 0 Å². The summed E-state index contributed by atoms with van der Waals surface area (Å²) in [4.78, 5) is 21.7. The molecular weight excluding hydrogens is 364 g/mol. The number of carbonyl (C=O) groups is 1. The average Bonchev–Trinajstić information content (AvgIpc) is 3.16. The molecule has 2 aromatic rings. The number of hydrogen-bond donors (Lipinski definition) is 0. The molecule has 2 aromatic heterocycles. The fourth-order valence-electron chi connectivity index (χ4n) is 4.15. The van der Waals surface area contributed by atoms with E-state index in [4.69, 9.17) is 9.47 Å². The van der Waals surface area contributed by atoms with Crippen LogP contribution in [0, 0.1) is 0 Å². The second-order valence-electron chi connectivity index (χ2n) is 7.06. The van der Waals surface area contributed by atoms with Crippen molar-refractivity contribution in [1.82, 2.24) is 19.7 Å². The van der Waals surface area contributed by atoms with E-state index in [0.29, 0.717) is 18.0 Å². The van der Waals surface area contributed by atoms with Gasteiger partial charge in [-0.25, -0.2) is 14.6 Å². The van der Waals surface area contributed by atoms with Gasteiger partial charge in [0.1, 0.15) is 11.6 Å². The lowest BCUT2D eigenvalue weighted by atomic mass is 9.71. The molecule has 144 valence electrons. The first-order chi connectivity index (χ1) is 13.2. The minimum atomic E-state index is -0.795. The second-order valence-corrected chi connectivity index (χ2v) is 7.83. The zero-order chi connectivity index (χ0) is 18.9. The van der Waals surface area contributed by atoms with Crippen molar-refractivity contribution in [2.24, 2.45) is 0 Å². The Labute approximate surface area is 162 Å². The summed E-state index contributed by atoms with van der Waals surface area (Å²) in [5.74, 6) is -0.249. The Bertz CT molecular complexity index is 834. The SMILES string of the molecule is COC(=O)C1(c2ccnc(SC)n2)CCc2c(cnn2C2CCCCO2)C1. The minimum Gasteiger partial charge on any atom is -0.468 e. The third-order valence-corrected chi connectivity index (χ3v) is 6.14. The summed E-state index contributed by atoms with van der Waals surface area (Å²) in [5, 5.41) is 5.26. The predicted octanol–water partition coefficient (Wildman–Crippen LogP) is 2.69. The van der Waals surface area contributed by atoms with E-state index >= 15 is 0 Å². The molecule has 2 unspecified atom stereocenters. The Balaban J connectivity index is 1.70. The molecule has 1 fully saturated rings. The number of hydrogen-bond acceptors (Lipinski definition) is 7. The number of thioether (sulfide) groups is 1. The highest BCUT2D eigenvalue weighted by molar-refractivity contribution is 7.98. The maximum Gasteiger partial charge on any atom is 0.318 e. The van der Waals surface area contributed by atoms with Crippen LogP contribution in [0.25, 0.3) is 0 Å². The van der Waals surface area contributed by atoms with Crippen LogP contribution in [-0.4, -0.2) is 45.7 Å². The first-order valence-corrected chi connectivity index (χ1v) is 10.5. The topological polar surface area (TPSA) is 79.1 Å². The van der Waals surface area contributed by atoms with Crippen LogP contribution >= 0.6 is 11.8 Å². The van der Waals surface area contributed by atoms with E-state index in [0.717, 1.165) is 43.5 Å². The van der Waals surface area contributed by atoms with Crippen molar-refractivity contribution in [3.63, 3.8) is 0 Å². The molecule has 3 heterocycles. The molecule has 1 aliphatic heterocycles. The Morgan fingerprint density at radius 3 is 3.07 bits per heavy atom. The molecule has 0 N–H and O–H groups in total. The van der Waals surface area contributed by atoms with Gasteiger partial charge in [0, 0.05) is 18.5 Å². The van der Waals surface area contributed by atoms with E-state index < -0.39 is 5.41 Å². The number of aromatic nitrogens is 4. The summed E-state index contributed by atoms with van der Waals surface area (Å²) >= 11 is 1.47. The molecule has 8 heteroatoms. The highest BCUT2D eigenvalue weighted by Gasteiger charge is 2.47. The quantitative estimate of drug-likeness (QED) is 0.453. The van der Waals surface area contributed by atoms with E-state index in [1.54, 1.807) is 6.20 Å². The maximum absolute atomic E-state index is 12.9. The van der Waals surface area contributed by atoms with Gasteiger partial charge in [-0.1, -0.05) is 11.8 Å². The van der Waals surface area contributed by atoms with E-state index in [9.17, 15) is 4.79 Å². The summed E-state index contributed by atoms with van der Waals surface area (Å²) in [6, 6.07) is 1.83. The normalized spacial score (nSPS) is 25.0. The third kappa shape index (κ3) is 3.25. The van der Waals surface area contributed by atoms with Gasteiger partial charge in [0.2, 0.25) is 0 Å². The van der Waals surface area contributed by atoms with Crippen molar-refractivity contribution in [1.29, 1.82) is 0 Å². The summed E-state index contributed by atoms with van der Waals surface area (Å²) in [7, 11) is 1.44. The van der Waals surface area contributed by atoms with Crippen LogP contribution in [-0.2, 0) is 32.5 Å². The van der Waals surface area contributed by atoms with Crippen molar-refractivity contribution in [3.05, 3.63) is 35.4 Å². The Morgan fingerprint density at radius 2 is 2.33 bits per heavy atom. The van der Waals surface area contributed by atoms with Crippen LogP contribution in [0.15, 0.2) is 23.6 Å². The van der Waals surface area contributed by atoms with Crippen LogP contribution in [0.4, 0.5) is 0 Å². The molecule has 0 spiro atoms. The minimum absolute atomic E-state index is 0.00951. The smallest absolute Gasteiger partial charge is 0.318 e. The summed E-state index contributed by atoms with van der Waals surface area (Å²) < 4.78 is 13.1. The van der Waals surface area contributed by atoms with Gasteiger partial charge in [0.25, 0.3) is 0 Å². The van der Waals surface area contributed by atoms with Crippen molar-refractivity contribution in [2.45, 2.75) is 55.3 Å². The summed E-state index contributed by atoms with van der Waals surface area (Å²) in [5.41, 5.74) is 2.17. The molecule has 2 atom stereocenters. The lowest BCUT2D eigenvalue weighted by Crippen LogP contribution is -2.43. The predicted molar refractivity (Wildman–Crippen MR) is 101 cm³/mol. The molecule has 0 amide bonds. The van der Waals surface area contributed by atoms with Crippen LogP contribution in [0.2, 0.25) is 0 Å². The molecule has 7 nitrogen and oxygen atoms in total. The monoisotopic (exact) mass is 388 g/mol. The molecule has 0 bridgehead atoms. The standard InChI is InChI=1S/C19H24N4O3S/c1-25-17(24)19(15-7-9-20-18(22-15)27-2)8-6-14-13(11-19)12-21-23(14)16-5-3-4-10-26-16/h7,9,12,16H,3-6,8,10-11H2,1-2H3. The van der Waals surface area contributed by atoms with E-state index in [2.05, 4.69) is 15.1 Å². The number of rotatable bonds is 4. The summed E-state index contributed by atoms with van der Waals surface area (Å²) in [6.45, 7) is 0.782. The number of carbonyl (C=O) groups excluding carboxylic acids is 1. The second kappa shape index (κ2) is 7.59. The summed E-state index contributed by atoms with van der Waals surface area (Å²) in [6.07, 6.45) is 10.7. The van der Waals surface area contributed by atoms with Gasteiger partial charge >= 0.3 is 5.97 Å². The van der Waals surface area contributed by atoms with Crippen molar-refractivity contribution >= 4 is 17.7 Å². The van der Waals surface area contributed by atoms with Gasteiger partial charge in [0.15, 0.2) is 5.16 Å². The fraction of sp³-hybridized carbons (Fsp3) is 0.579. The molecule has 1 saturated heterocycles. The highest BCUT2D eigenvalue weighted by atomic mass is 32.2. The Morgan fingerprint density at radius 1 is 1.44 bits per heavy atom. The first-order valence-electron chi connectivity index (χ1n) is 9.31. The van der Waals surface area contributed by atoms with E-state index in [1.807, 2.05) is 23.2 Å². The molecule has 4 rings (SSSR count). The highest BCUT2D eigenvalue weighted by Crippen LogP contribution is 2.40.